The summed E-state index contributed by atoms with van der Waals surface area (Å²) in [6, 6.07) is 6.45. The zero-order chi connectivity index (χ0) is 21.8. The third-order valence-electron chi connectivity index (χ3n) is 4.34. The van der Waals surface area contributed by atoms with Crippen LogP contribution in [0.25, 0.3) is 0 Å². The first-order valence-corrected chi connectivity index (χ1v) is 10.8. The van der Waals surface area contributed by atoms with Gasteiger partial charge in [0, 0.05) is 37.9 Å². The Morgan fingerprint density at radius 2 is 1.83 bits per heavy atom. The zero-order valence-corrected chi connectivity index (χ0v) is 17.1. The van der Waals surface area contributed by atoms with E-state index in [0.717, 1.165) is 49.6 Å². The van der Waals surface area contributed by atoms with Gasteiger partial charge in [0.1, 0.15) is 16.5 Å². The minimum Gasteiger partial charge on any atom is -0.404 e. The number of anilines is 2. The molecule has 8 nitrogen and oxygen atoms in total. The highest BCUT2D eigenvalue weighted by Gasteiger charge is 2.33. The smallest absolute Gasteiger partial charge is 0.404 e. The lowest BCUT2D eigenvalue weighted by atomic mass is 10.3. The van der Waals surface area contributed by atoms with Crippen molar-refractivity contribution in [3.8, 4) is 5.75 Å². The number of rotatable bonds is 8. The lowest BCUT2D eigenvalue weighted by molar-refractivity contribution is -0.275. The second-order valence-electron chi connectivity index (χ2n) is 6.70. The molecular weight excluding hydrogens is 423 g/mol. The molecule has 0 unspecified atom stereocenters. The van der Waals surface area contributed by atoms with E-state index in [9.17, 15) is 21.6 Å². The molecule has 2 heterocycles. The molecule has 0 spiro atoms. The van der Waals surface area contributed by atoms with Gasteiger partial charge in [-0.2, -0.15) is 4.98 Å². The summed E-state index contributed by atoms with van der Waals surface area (Å²) in [5, 5.41) is 2.94. The molecule has 0 bridgehead atoms. The number of benzene rings is 1. The van der Waals surface area contributed by atoms with Crippen LogP contribution in [0.4, 0.5) is 24.9 Å². The largest absolute Gasteiger partial charge is 0.573 e. The van der Waals surface area contributed by atoms with Crippen LogP contribution in [-0.2, 0) is 10.0 Å². The van der Waals surface area contributed by atoms with Gasteiger partial charge in [-0.25, -0.2) is 18.1 Å². The molecule has 0 radical (unpaired) electrons. The Kier molecular flexibility index (Phi) is 6.66. The van der Waals surface area contributed by atoms with Gasteiger partial charge in [0.2, 0.25) is 16.0 Å². The van der Waals surface area contributed by atoms with E-state index in [1.165, 1.54) is 12.1 Å². The summed E-state index contributed by atoms with van der Waals surface area (Å²) in [7, 11) is -4.21. The van der Waals surface area contributed by atoms with Gasteiger partial charge in [0.05, 0.1) is 0 Å². The topological polar surface area (TPSA) is 96.5 Å². The summed E-state index contributed by atoms with van der Waals surface area (Å²) in [6.45, 7) is 3.75. The first kappa shape index (κ1) is 22.1. The fourth-order valence-electron chi connectivity index (χ4n) is 3.06. The summed E-state index contributed by atoms with van der Waals surface area (Å²) in [4.78, 5) is 10.3. The Labute approximate surface area is 172 Å². The van der Waals surface area contributed by atoms with Crippen LogP contribution in [-0.4, -0.2) is 50.9 Å². The van der Waals surface area contributed by atoms with Crippen molar-refractivity contribution in [3.05, 3.63) is 36.0 Å². The van der Waals surface area contributed by atoms with Crippen molar-refractivity contribution < 1.29 is 26.3 Å². The quantitative estimate of drug-likeness (QED) is 0.603. The van der Waals surface area contributed by atoms with Gasteiger partial charge in [-0.15, -0.1) is 13.2 Å². The van der Waals surface area contributed by atoms with Crippen molar-refractivity contribution in [2.24, 2.45) is 0 Å². The molecule has 1 aliphatic rings. The molecular formula is C18H22F3N5O3S. The van der Waals surface area contributed by atoms with Crippen LogP contribution in [0.1, 0.15) is 18.5 Å². The van der Waals surface area contributed by atoms with Crippen molar-refractivity contribution in [1.29, 1.82) is 0 Å². The molecule has 2 aromatic rings. The third kappa shape index (κ3) is 5.95. The van der Waals surface area contributed by atoms with E-state index in [-0.39, 0.29) is 13.1 Å². The second-order valence-corrected chi connectivity index (χ2v) is 8.44. The molecule has 164 valence electrons. The number of nitrogens with zero attached hydrogens (tertiary/aromatic N) is 3. The minimum atomic E-state index is -5.00. The van der Waals surface area contributed by atoms with Crippen LogP contribution in [0.3, 0.4) is 0 Å². The van der Waals surface area contributed by atoms with Crippen LogP contribution >= 0.6 is 0 Å². The SMILES string of the molecule is Cc1cc(N2CCCC2)nc(NCCNS(=O)(=O)c2ccccc2OC(F)(F)F)n1. The standard InChI is InChI=1S/C18H22F3N5O3S/c1-13-12-16(26-10-4-5-11-26)25-17(24-13)22-8-9-23-30(27,28)15-7-3-2-6-14(15)29-18(19,20)21/h2-3,6-7,12,23H,4-5,8-11H2,1H3,(H,22,24,25). The number of nitrogens with one attached hydrogen (secondary N) is 2. The van der Waals surface area contributed by atoms with Gasteiger partial charge >= 0.3 is 6.36 Å². The molecule has 30 heavy (non-hydrogen) atoms. The first-order chi connectivity index (χ1) is 14.1. The molecule has 0 amide bonds. The Bertz CT molecular complexity index is 979. The number of hydrogen-bond acceptors (Lipinski definition) is 7. The van der Waals surface area contributed by atoms with Gasteiger partial charge in [0.15, 0.2) is 0 Å². The maximum atomic E-state index is 12.5. The van der Waals surface area contributed by atoms with Crippen LogP contribution in [0.5, 0.6) is 5.75 Å². The van der Waals surface area contributed by atoms with Gasteiger partial charge in [-0.05, 0) is 31.9 Å². The zero-order valence-electron chi connectivity index (χ0n) is 16.2. The fraction of sp³-hybridized carbons (Fsp3) is 0.444. The lowest BCUT2D eigenvalue weighted by Crippen LogP contribution is -2.30. The van der Waals surface area contributed by atoms with Crippen LogP contribution in [0, 0.1) is 6.92 Å². The van der Waals surface area contributed by atoms with Gasteiger partial charge < -0.3 is 15.0 Å². The summed E-state index contributed by atoms with van der Waals surface area (Å²) < 4.78 is 68.4. The van der Waals surface area contributed by atoms with Gasteiger partial charge in [-0.3, -0.25) is 0 Å². The molecule has 1 saturated heterocycles. The summed E-state index contributed by atoms with van der Waals surface area (Å²) in [6.07, 6.45) is -2.79. The number of halogens is 3. The maximum Gasteiger partial charge on any atom is 0.573 e. The number of aryl methyl sites for hydroxylation is 1. The molecule has 0 aliphatic carbocycles. The van der Waals surface area contributed by atoms with E-state index < -0.39 is 27.0 Å². The van der Waals surface area contributed by atoms with Crippen LogP contribution in [0.15, 0.2) is 35.2 Å². The van der Waals surface area contributed by atoms with Crippen LogP contribution < -0.4 is 19.7 Å². The second kappa shape index (κ2) is 9.04. The molecule has 2 N–H and O–H groups in total. The molecule has 0 atom stereocenters. The molecule has 12 heteroatoms. The highest BCUT2D eigenvalue weighted by atomic mass is 32.2. The van der Waals surface area contributed by atoms with E-state index in [2.05, 4.69) is 29.6 Å². The first-order valence-electron chi connectivity index (χ1n) is 9.33. The molecule has 1 fully saturated rings. The van der Waals surface area contributed by atoms with E-state index in [1.54, 1.807) is 0 Å². The summed E-state index contributed by atoms with van der Waals surface area (Å²) >= 11 is 0. The van der Waals surface area contributed by atoms with Gasteiger partial charge in [-0.1, -0.05) is 12.1 Å². The minimum absolute atomic E-state index is 0.0843. The molecule has 1 aromatic heterocycles. The monoisotopic (exact) mass is 445 g/mol. The molecule has 3 rings (SSSR count). The number of sulfonamides is 1. The third-order valence-corrected chi connectivity index (χ3v) is 5.84. The van der Waals surface area contributed by atoms with E-state index in [0.29, 0.717) is 5.95 Å². The average Bonchev–Trinajstić information content (AvgIpc) is 3.19. The summed E-state index contributed by atoms with van der Waals surface area (Å²) in [5.41, 5.74) is 0.771. The van der Waals surface area contributed by atoms with Crippen molar-refractivity contribution >= 4 is 21.8 Å². The fourth-order valence-corrected chi connectivity index (χ4v) is 4.22. The van der Waals surface area contributed by atoms with Gasteiger partial charge in [0.25, 0.3) is 0 Å². The highest BCUT2D eigenvalue weighted by molar-refractivity contribution is 7.89. The molecule has 0 saturated carbocycles. The molecule has 1 aliphatic heterocycles. The number of aromatic nitrogens is 2. The Morgan fingerprint density at radius 3 is 2.53 bits per heavy atom. The Morgan fingerprint density at radius 1 is 1.13 bits per heavy atom. The average molecular weight is 445 g/mol. The Hall–Kier alpha value is -2.60. The number of para-hydroxylation sites is 1. The normalized spacial score (nSPS) is 14.7. The highest BCUT2D eigenvalue weighted by Crippen LogP contribution is 2.29. The predicted octanol–water partition coefficient (Wildman–Crippen LogP) is 2.67. The van der Waals surface area contributed by atoms with Crippen molar-refractivity contribution in [2.45, 2.75) is 31.0 Å². The molecule has 1 aromatic carbocycles. The van der Waals surface area contributed by atoms with Crippen molar-refractivity contribution in [3.63, 3.8) is 0 Å². The number of alkyl halides is 3. The van der Waals surface area contributed by atoms with E-state index in [1.807, 2.05) is 13.0 Å². The number of ether oxygens (including phenoxy) is 1. The lowest BCUT2D eigenvalue weighted by Gasteiger charge is -2.18. The van der Waals surface area contributed by atoms with E-state index in [4.69, 9.17) is 0 Å². The predicted molar refractivity (Wildman–Crippen MR) is 105 cm³/mol. The van der Waals surface area contributed by atoms with Crippen LogP contribution in [0.2, 0.25) is 0 Å². The maximum absolute atomic E-state index is 12.5. The van der Waals surface area contributed by atoms with E-state index >= 15 is 0 Å². The summed E-state index contributed by atoms with van der Waals surface area (Å²) in [5.74, 6) is 0.376. The Balaban J connectivity index is 1.60. The number of hydrogen-bond donors (Lipinski definition) is 2. The van der Waals surface area contributed by atoms with Crippen molar-refractivity contribution in [1.82, 2.24) is 14.7 Å². The van der Waals surface area contributed by atoms with Crippen molar-refractivity contribution in [2.75, 3.05) is 36.4 Å².